The van der Waals surface area contributed by atoms with E-state index < -0.39 is 0 Å². The lowest BCUT2D eigenvalue weighted by Gasteiger charge is -2.23. The van der Waals surface area contributed by atoms with Crippen molar-refractivity contribution in [3.8, 4) is 0 Å². The van der Waals surface area contributed by atoms with E-state index >= 15 is 0 Å². The Labute approximate surface area is 78.1 Å². The summed E-state index contributed by atoms with van der Waals surface area (Å²) >= 11 is 0. The van der Waals surface area contributed by atoms with E-state index in [1.807, 2.05) is 17.7 Å². The van der Waals surface area contributed by atoms with Gasteiger partial charge in [-0.15, -0.1) is 0 Å². The van der Waals surface area contributed by atoms with Gasteiger partial charge in [0.15, 0.2) is 0 Å². The fraction of sp³-hybridized carbons (Fsp3) is 0.667. The van der Waals surface area contributed by atoms with Crippen molar-refractivity contribution in [1.29, 1.82) is 0 Å². The summed E-state index contributed by atoms with van der Waals surface area (Å²) in [6, 6.07) is 2.43. The molecular weight excluding hydrogens is 164 g/mol. The molecule has 1 aromatic rings. The van der Waals surface area contributed by atoms with Crippen LogP contribution in [0.25, 0.3) is 0 Å². The van der Waals surface area contributed by atoms with Gasteiger partial charge in [-0.05, 0) is 32.9 Å². The molecular formula is C9H16N4. The molecule has 0 amide bonds. The SMILES string of the molecule is Cc1cc(N)n(C2CCNCC2)n1. The first-order chi connectivity index (χ1) is 6.27. The van der Waals surface area contributed by atoms with Crippen molar-refractivity contribution < 1.29 is 0 Å². The predicted octanol–water partition coefficient (Wildman–Crippen LogP) is 0.698. The van der Waals surface area contributed by atoms with E-state index in [0.717, 1.165) is 37.4 Å². The lowest BCUT2D eigenvalue weighted by Crippen LogP contribution is -2.30. The third kappa shape index (κ3) is 1.67. The van der Waals surface area contributed by atoms with Crippen molar-refractivity contribution in [2.45, 2.75) is 25.8 Å². The van der Waals surface area contributed by atoms with E-state index in [1.165, 1.54) is 0 Å². The molecule has 0 spiro atoms. The minimum atomic E-state index is 0.495. The number of aromatic nitrogens is 2. The Morgan fingerprint density at radius 3 is 2.77 bits per heavy atom. The molecule has 4 nitrogen and oxygen atoms in total. The second-order valence-electron chi connectivity index (χ2n) is 3.64. The molecule has 2 rings (SSSR count). The van der Waals surface area contributed by atoms with Gasteiger partial charge in [-0.25, -0.2) is 4.68 Å². The van der Waals surface area contributed by atoms with Crippen molar-refractivity contribution in [1.82, 2.24) is 15.1 Å². The minimum Gasteiger partial charge on any atom is -0.384 e. The van der Waals surface area contributed by atoms with Gasteiger partial charge in [-0.3, -0.25) is 0 Å². The van der Waals surface area contributed by atoms with Gasteiger partial charge >= 0.3 is 0 Å². The number of rotatable bonds is 1. The molecule has 4 heteroatoms. The molecule has 3 N–H and O–H groups in total. The molecule has 72 valence electrons. The average Bonchev–Trinajstić information content (AvgIpc) is 2.47. The highest BCUT2D eigenvalue weighted by Gasteiger charge is 2.17. The summed E-state index contributed by atoms with van der Waals surface area (Å²) in [5.74, 6) is 0.796. The Hall–Kier alpha value is -1.03. The molecule has 0 atom stereocenters. The van der Waals surface area contributed by atoms with Crippen LogP contribution in [-0.2, 0) is 0 Å². The molecule has 0 aromatic carbocycles. The number of nitrogens with zero attached hydrogens (tertiary/aromatic N) is 2. The highest BCUT2D eigenvalue weighted by atomic mass is 15.3. The minimum absolute atomic E-state index is 0.495. The Kier molecular flexibility index (Phi) is 2.22. The zero-order chi connectivity index (χ0) is 9.26. The molecule has 0 aliphatic carbocycles. The maximum absolute atomic E-state index is 5.85. The Morgan fingerprint density at radius 1 is 1.54 bits per heavy atom. The van der Waals surface area contributed by atoms with Crippen molar-refractivity contribution in [3.05, 3.63) is 11.8 Å². The predicted molar refractivity (Wildman–Crippen MR) is 52.5 cm³/mol. The lowest BCUT2D eigenvalue weighted by molar-refractivity contribution is 0.346. The maximum Gasteiger partial charge on any atom is 0.122 e. The Bertz CT molecular complexity index is 286. The van der Waals surface area contributed by atoms with Crippen molar-refractivity contribution in [2.24, 2.45) is 0 Å². The van der Waals surface area contributed by atoms with Crippen LogP contribution in [0.1, 0.15) is 24.6 Å². The third-order valence-corrected chi connectivity index (χ3v) is 2.54. The smallest absolute Gasteiger partial charge is 0.122 e. The molecule has 0 unspecified atom stereocenters. The van der Waals surface area contributed by atoms with Crippen LogP contribution in [0.3, 0.4) is 0 Å². The summed E-state index contributed by atoms with van der Waals surface area (Å²) in [7, 11) is 0. The van der Waals surface area contributed by atoms with Crippen molar-refractivity contribution in [3.63, 3.8) is 0 Å². The van der Waals surface area contributed by atoms with Crippen LogP contribution in [-0.4, -0.2) is 22.9 Å². The van der Waals surface area contributed by atoms with Crippen LogP contribution in [0.4, 0.5) is 5.82 Å². The number of nitrogens with two attached hydrogens (primary N) is 1. The number of aryl methyl sites for hydroxylation is 1. The standard InChI is InChI=1S/C9H16N4/c1-7-6-9(10)13(12-7)8-2-4-11-5-3-8/h6,8,11H,2-5,10H2,1H3. The zero-order valence-corrected chi connectivity index (χ0v) is 7.95. The first-order valence-electron chi connectivity index (χ1n) is 4.80. The molecule has 2 heterocycles. The number of hydrogen-bond donors (Lipinski definition) is 2. The first-order valence-corrected chi connectivity index (χ1v) is 4.80. The fourth-order valence-electron chi connectivity index (χ4n) is 1.88. The zero-order valence-electron chi connectivity index (χ0n) is 7.95. The van der Waals surface area contributed by atoms with Gasteiger partial charge < -0.3 is 11.1 Å². The molecule has 1 aromatic heterocycles. The molecule has 1 fully saturated rings. The van der Waals surface area contributed by atoms with Crippen LogP contribution in [0.15, 0.2) is 6.07 Å². The van der Waals surface area contributed by atoms with Gasteiger partial charge in [0.25, 0.3) is 0 Å². The maximum atomic E-state index is 5.85. The van der Waals surface area contributed by atoms with Gasteiger partial charge in [-0.2, -0.15) is 5.10 Å². The molecule has 1 aliphatic heterocycles. The fourth-order valence-corrected chi connectivity index (χ4v) is 1.88. The Balaban J connectivity index is 2.18. The monoisotopic (exact) mass is 180 g/mol. The number of piperidine rings is 1. The van der Waals surface area contributed by atoms with Gasteiger partial charge in [0.05, 0.1) is 11.7 Å². The molecule has 1 saturated heterocycles. The van der Waals surface area contributed by atoms with Crippen LogP contribution in [0, 0.1) is 6.92 Å². The van der Waals surface area contributed by atoms with Crippen LogP contribution < -0.4 is 11.1 Å². The van der Waals surface area contributed by atoms with E-state index in [1.54, 1.807) is 0 Å². The third-order valence-electron chi connectivity index (χ3n) is 2.54. The summed E-state index contributed by atoms with van der Waals surface area (Å²) < 4.78 is 1.97. The largest absolute Gasteiger partial charge is 0.384 e. The number of nitrogens with one attached hydrogen (secondary N) is 1. The topological polar surface area (TPSA) is 55.9 Å². The number of nitrogen functional groups attached to an aromatic ring is 1. The summed E-state index contributed by atoms with van der Waals surface area (Å²) in [5, 5.41) is 7.73. The molecule has 13 heavy (non-hydrogen) atoms. The van der Waals surface area contributed by atoms with Gasteiger partial charge in [-0.1, -0.05) is 0 Å². The molecule has 0 radical (unpaired) electrons. The first kappa shape index (κ1) is 8.56. The lowest BCUT2D eigenvalue weighted by atomic mass is 10.1. The normalized spacial score (nSPS) is 19.2. The van der Waals surface area contributed by atoms with Gasteiger partial charge in [0.2, 0.25) is 0 Å². The molecule has 0 bridgehead atoms. The summed E-state index contributed by atoms with van der Waals surface area (Å²) in [6.45, 7) is 4.12. The van der Waals surface area contributed by atoms with E-state index in [9.17, 15) is 0 Å². The number of anilines is 1. The van der Waals surface area contributed by atoms with E-state index in [0.29, 0.717) is 6.04 Å². The van der Waals surface area contributed by atoms with E-state index in [2.05, 4.69) is 10.4 Å². The van der Waals surface area contributed by atoms with E-state index in [-0.39, 0.29) is 0 Å². The summed E-state index contributed by atoms with van der Waals surface area (Å²) in [6.07, 6.45) is 2.26. The second kappa shape index (κ2) is 3.38. The average molecular weight is 180 g/mol. The quantitative estimate of drug-likeness (QED) is 0.669. The van der Waals surface area contributed by atoms with Crippen LogP contribution in [0.2, 0.25) is 0 Å². The van der Waals surface area contributed by atoms with Gasteiger partial charge in [0.1, 0.15) is 5.82 Å². The molecule has 0 saturated carbocycles. The second-order valence-corrected chi connectivity index (χ2v) is 3.64. The highest BCUT2D eigenvalue weighted by Crippen LogP contribution is 2.21. The summed E-state index contributed by atoms with van der Waals surface area (Å²) in [5.41, 5.74) is 6.86. The highest BCUT2D eigenvalue weighted by molar-refractivity contribution is 5.30. The van der Waals surface area contributed by atoms with Crippen molar-refractivity contribution in [2.75, 3.05) is 18.8 Å². The van der Waals surface area contributed by atoms with Crippen molar-refractivity contribution >= 4 is 5.82 Å². The molecule has 1 aliphatic rings. The van der Waals surface area contributed by atoms with Crippen LogP contribution >= 0.6 is 0 Å². The summed E-state index contributed by atoms with van der Waals surface area (Å²) in [4.78, 5) is 0. The van der Waals surface area contributed by atoms with Crippen LogP contribution in [0.5, 0.6) is 0 Å². The van der Waals surface area contributed by atoms with E-state index in [4.69, 9.17) is 5.73 Å². The van der Waals surface area contributed by atoms with Gasteiger partial charge in [0, 0.05) is 6.07 Å². The number of hydrogen-bond acceptors (Lipinski definition) is 3. The Morgan fingerprint density at radius 2 is 2.23 bits per heavy atom.